The monoisotopic (exact) mass is 652 g/mol. The number of allylic oxidation sites excluding steroid dienone is 1. The summed E-state index contributed by atoms with van der Waals surface area (Å²) >= 11 is 0. The minimum Gasteiger partial charge on any atom is -0.456 e. The Labute approximate surface area is 276 Å². The zero-order valence-corrected chi connectivity index (χ0v) is 27.7. The van der Waals surface area contributed by atoms with E-state index in [1.54, 1.807) is 18.2 Å². The van der Waals surface area contributed by atoms with Gasteiger partial charge in [-0.2, -0.15) is 0 Å². The van der Waals surface area contributed by atoms with E-state index in [4.69, 9.17) is 24.1 Å². The number of esters is 1. The van der Waals surface area contributed by atoms with Crippen molar-refractivity contribution in [3.05, 3.63) is 52.6 Å². The molecule has 11 heteroatoms. The van der Waals surface area contributed by atoms with Crippen molar-refractivity contribution in [3.63, 3.8) is 0 Å². The Hall–Kier alpha value is -3.09. The fourth-order valence-corrected chi connectivity index (χ4v) is 7.99. The van der Waals surface area contributed by atoms with Crippen LogP contribution in [0.15, 0.2) is 41.5 Å². The molecule has 6 rings (SSSR count). The van der Waals surface area contributed by atoms with Crippen molar-refractivity contribution in [1.82, 2.24) is 10.6 Å². The number of ether oxygens (including phenoxy) is 4. The summed E-state index contributed by atoms with van der Waals surface area (Å²) in [5, 5.41) is 24.1. The van der Waals surface area contributed by atoms with Crippen LogP contribution in [0.2, 0.25) is 0 Å². The lowest BCUT2D eigenvalue weighted by Gasteiger charge is -2.53. The number of amides is 2. The van der Waals surface area contributed by atoms with E-state index < -0.39 is 48.2 Å². The molecule has 2 amide bonds. The lowest BCUT2D eigenvalue weighted by Crippen LogP contribution is -2.54. The summed E-state index contributed by atoms with van der Waals surface area (Å²) in [6.45, 7) is 8.10. The van der Waals surface area contributed by atoms with Crippen LogP contribution >= 0.6 is 0 Å². The van der Waals surface area contributed by atoms with Crippen LogP contribution < -0.4 is 10.6 Å². The normalized spacial score (nSPS) is 34.4. The maximum Gasteiger partial charge on any atom is 0.338 e. The predicted octanol–water partition coefficient (Wildman–Crippen LogP) is 3.03. The number of epoxide rings is 1. The van der Waals surface area contributed by atoms with E-state index in [9.17, 15) is 19.5 Å². The first kappa shape index (κ1) is 33.8. The molecule has 2 saturated carbocycles. The second kappa shape index (κ2) is 13.4. The van der Waals surface area contributed by atoms with Gasteiger partial charge in [-0.25, -0.2) is 4.79 Å². The van der Waals surface area contributed by atoms with Crippen LogP contribution in [0.1, 0.15) is 82.1 Å². The maximum atomic E-state index is 13.3. The Balaban J connectivity index is 1.11. The smallest absolute Gasteiger partial charge is 0.338 e. The first-order chi connectivity index (χ1) is 22.4. The van der Waals surface area contributed by atoms with Crippen molar-refractivity contribution in [2.45, 2.75) is 108 Å². The summed E-state index contributed by atoms with van der Waals surface area (Å²) in [6.07, 6.45) is 6.65. The molecule has 4 N–H and O–H groups in total. The van der Waals surface area contributed by atoms with Gasteiger partial charge in [0.05, 0.1) is 30.0 Å². The third kappa shape index (κ3) is 7.19. The first-order valence-corrected chi connectivity index (χ1v) is 16.9. The van der Waals surface area contributed by atoms with E-state index in [-0.39, 0.29) is 37.5 Å². The molecule has 0 aromatic heterocycles. The molecule has 0 spiro atoms. The highest BCUT2D eigenvalue weighted by molar-refractivity contribution is 5.97. The molecule has 1 aromatic rings. The highest BCUT2D eigenvalue weighted by Crippen LogP contribution is 2.59. The van der Waals surface area contributed by atoms with Gasteiger partial charge in [0.25, 0.3) is 0 Å². The van der Waals surface area contributed by atoms with Crippen LogP contribution in [-0.2, 0) is 28.5 Å². The summed E-state index contributed by atoms with van der Waals surface area (Å²) in [5.41, 5.74) is 3.52. The van der Waals surface area contributed by atoms with Gasteiger partial charge in [0.15, 0.2) is 0 Å². The van der Waals surface area contributed by atoms with Crippen LogP contribution in [-0.4, -0.2) is 90.1 Å². The van der Waals surface area contributed by atoms with Crippen LogP contribution in [0, 0.1) is 17.3 Å². The zero-order chi connectivity index (χ0) is 33.5. The lowest BCUT2D eigenvalue weighted by atomic mass is 9.52. The molecular weight excluding hydrogens is 604 g/mol. The van der Waals surface area contributed by atoms with Gasteiger partial charge in [-0.15, -0.1) is 0 Å². The number of aliphatic hydroxyl groups excluding tert-OH is 2. The number of hydrogen-bond acceptors (Lipinski definition) is 9. The Morgan fingerprint density at radius 2 is 1.89 bits per heavy atom. The van der Waals surface area contributed by atoms with Crippen molar-refractivity contribution in [1.29, 1.82) is 0 Å². The number of hydrogen-bond donors (Lipinski definition) is 4. The summed E-state index contributed by atoms with van der Waals surface area (Å²) in [4.78, 5) is 39.0. The molecule has 47 heavy (non-hydrogen) atoms. The van der Waals surface area contributed by atoms with Gasteiger partial charge in [-0.05, 0) is 87.0 Å². The third-order valence-corrected chi connectivity index (χ3v) is 10.9. The van der Waals surface area contributed by atoms with Gasteiger partial charge in [0, 0.05) is 18.5 Å². The second-order valence-electron chi connectivity index (χ2n) is 14.7. The topological polar surface area (TPSA) is 156 Å². The predicted molar refractivity (Wildman–Crippen MR) is 172 cm³/mol. The highest BCUT2D eigenvalue weighted by Gasteiger charge is 2.56. The molecule has 11 nitrogen and oxygen atoms in total. The number of carbonyl (C=O) groups excluding carboxylic acids is 3. The summed E-state index contributed by atoms with van der Waals surface area (Å²) < 4.78 is 23.3. The largest absolute Gasteiger partial charge is 0.456 e. The highest BCUT2D eigenvalue weighted by atomic mass is 16.7. The molecule has 0 bridgehead atoms. The second-order valence-corrected chi connectivity index (χ2v) is 14.7. The average molecular weight is 653 g/mol. The van der Waals surface area contributed by atoms with Crippen molar-refractivity contribution in [2.75, 3.05) is 19.9 Å². The molecule has 4 fully saturated rings. The number of benzene rings is 1. The standard InChI is InChI=1S/C36H48N2O9/c1-20(40)30(33(42)37-13-14-39)38-32(41)24-16-27-31(45-19-44-27)28(17-24)46-34(43)22-7-5-21(6-8-22)15-23-9-10-29-36(4,47-29)12-11-26-25(23)18-35(26,2)3/h5-8,15-16,20,25-31,39-40H,9-14,17-19H2,1-4H3,(H,37,42)(H,38,41). The molecule has 2 heterocycles. The van der Waals surface area contributed by atoms with Gasteiger partial charge >= 0.3 is 5.97 Å². The fourth-order valence-electron chi connectivity index (χ4n) is 7.99. The Morgan fingerprint density at radius 3 is 2.60 bits per heavy atom. The van der Waals surface area contributed by atoms with Crippen molar-refractivity contribution < 1.29 is 43.5 Å². The summed E-state index contributed by atoms with van der Waals surface area (Å²) in [6, 6.07) is 6.19. The van der Waals surface area contributed by atoms with Crippen LogP contribution in [0.4, 0.5) is 0 Å². The van der Waals surface area contributed by atoms with Gasteiger partial charge in [0.2, 0.25) is 11.8 Å². The summed E-state index contributed by atoms with van der Waals surface area (Å²) in [7, 11) is 0. The lowest BCUT2D eigenvalue weighted by molar-refractivity contribution is -0.130. The number of carbonyl (C=O) groups is 3. The van der Waals surface area contributed by atoms with E-state index in [0.29, 0.717) is 28.9 Å². The van der Waals surface area contributed by atoms with E-state index in [1.807, 2.05) is 12.1 Å². The first-order valence-electron chi connectivity index (χ1n) is 16.9. The molecule has 3 aliphatic carbocycles. The number of rotatable bonds is 9. The Kier molecular flexibility index (Phi) is 9.66. The maximum absolute atomic E-state index is 13.3. The van der Waals surface area contributed by atoms with E-state index >= 15 is 0 Å². The molecule has 2 saturated heterocycles. The van der Waals surface area contributed by atoms with Crippen LogP contribution in [0.5, 0.6) is 0 Å². The molecule has 2 aliphatic heterocycles. The number of nitrogens with one attached hydrogen (secondary N) is 2. The van der Waals surface area contributed by atoms with Crippen LogP contribution in [0.3, 0.4) is 0 Å². The summed E-state index contributed by atoms with van der Waals surface area (Å²) in [5.74, 6) is -0.535. The molecular formula is C36H48N2O9. The number of fused-ring (bicyclic) bond motifs is 3. The van der Waals surface area contributed by atoms with Crippen molar-refractivity contribution in [3.8, 4) is 0 Å². The van der Waals surface area contributed by atoms with Gasteiger partial charge in [0.1, 0.15) is 31.1 Å². The fraction of sp³-hybridized carbons (Fsp3) is 0.639. The molecule has 0 radical (unpaired) electrons. The molecule has 9 atom stereocenters. The third-order valence-electron chi connectivity index (χ3n) is 10.9. The molecule has 5 aliphatic rings. The van der Waals surface area contributed by atoms with Crippen LogP contribution in [0.25, 0.3) is 6.08 Å². The quantitative estimate of drug-likeness (QED) is 0.233. The van der Waals surface area contributed by atoms with Gasteiger partial charge in [-0.1, -0.05) is 37.6 Å². The van der Waals surface area contributed by atoms with E-state index in [0.717, 1.165) is 24.8 Å². The molecule has 1 aromatic carbocycles. The van der Waals surface area contributed by atoms with Crippen molar-refractivity contribution >= 4 is 23.9 Å². The Bertz CT molecular complexity index is 1420. The average Bonchev–Trinajstić information content (AvgIpc) is 3.41. The minimum absolute atomic E-state index is 0.0108. The molecule has 9 unspecified atom stereocenters. The minimum atomic E-state index is -1.24. The zero-order valence-electron chi connectivity index (χ0n) is 27.7. The molecule has 256 valence electrons. The number of aliphatic hydroxyl groups is 2. The van der Waals surface area contributed by atoms with Gasteiger partial charge < -0.3 is 39.8 Å². The van der Waals surface area contributed by atoms with E-state index in [1.165, 1.54) is 25.3 Å². The Morgan fingerprint density at radius 1 is 1.13 bits per heavy atom. The van der Waals surface area contributed by atoms with Gasteiger partial charge in [-0.3, -0.25) is 9.59 Å². The van der Waals surface area contributed by atoms with E-state index in [2.05, 4.69) is 37.5 Å². The SMILES string of the molecule is CC(O)C(NC(=O)C1=CC2OCOC2C(OC(=O)c2ccc(C=C3CCC4OC4(C)CCC4C3CC4(C)C)cc2)C1)C(=O)NCCO. The van der Waals surface area contributed by atoms with Crippen molar-refractivity contribution in [2.24, 2.45) is 17.3 Å².